The molecule has 0 bridgehead atoms. The van der Waals surface area contributed by atoms with E-state index >= 15 is 0 Å². The van der Waals surface area contributed by atoms with Crippen LogP contribution >= 0.6 is 0 Å². The lowest BCUT2D eigenvalue weighted by molar-refractivity contribution is -0.169. The van der Waals surface area contributed by atoms with E-state index in [1.165, 1.54) is 0 Å². The lowest BCUT2D eigenvalue weighted by atomic mass is 10.0. The molecule has 94 valence electrons. The first-order valence-electron chi connectivity index (χ1n) is 4.92. The minimum Gasteiger partial charge on any atom is -0.347 e. The van der Waals surface area contributed by atoms with E-state index in [1.807, 2.05) is 5.32 Å². The number of halogens is 4. The standard InChI is InChI=1S/C10H15F4NO/c1-8(2)5(9(8,3)4)15-7(16)10(13,14)6(11)12/h5-6H,1-4H3,(H,15,16). The van der Waals surface area contributed by atoms with Crippen LogP contribution < -0.4 is 5.32 Å². The molecule has 0 aromatic rings. The summed E-state index contributed by atoms with van der Waals surface area (Å²) in [6.45, 7) is 7.16. The second kappa shape index (κ2) is 3.34. The number of carbonyl (C=O) groups is 1. The van der Waals surface area contributed by atoms with Crippen LogP contribution in [0.25, 0.3) is 0 Å². The summed E-state index contributed by atoms with van der Waals surface area (Å²) in [5.41, 5.74) is -0.721. The lowest BCUT2D eigenvalue weighted by Gasteiger charge is -2.15. The maximum atomic E-state index is 12.7. The molecule has 0 aromatic carbocycles. The maximum Gasteiger partial charge on any atom is 0.383 e. The van der Waals surface area contributed by atoms with Gasteiger partial charge in [0.1, 0.15) is 0 Å². The average Bonchev–Trinajstić information content (AvgIpc) is 2.47. The fourth-order valence-corrected chi connectivity index (χ4v) is 1.88. The third kappa shape index (κ3) is 1.68. The van der Waals surface area contributed by atoms with Crippen molar-refractivity contribution in [3.63, 3.8) is 0 Å². The Kier molecular flexibility index (Phi) is 2.77. The van der Waals surface area contributed by atoms with E-state index in [0.29, 0.717) is 0 Å². The van der Waals surface area contributed by atoms with Crippen LogP contribution in [0, 0.1) is 10.8 Å². The Morgan fingerprint density at radius 1 is 1.19 bits per heavy atom. The van der Waals surface area contributed by atoms with E-state index in [0.717, 1.165) is 0 Å². The van der Waals surface area contributed by atoms with Gasteiger partial charge in [0.05, 0.1) is 0 Å². The Morgan fingerprint density at radius 3 is 1.81 bits per heavy atom. The van der Waals surface area contributed by atoms with Crippen LogP contribution in [-0.2, 0) is 4.79 Å². The van der Waals surface area contributed by atoms with E-state index < -0.39 is 24.3 Å². The van der Waals surface area contributed by atoms with Gasteiger partial charge in [0.2, 0.25) is 0 Å². The first-order chi connectivity index (χ1) is 6.95. The third-order valence-corrected chi connectivity index (χ3v) is 3.87. The van der Waals surface area contributed by atoms with E-state index in [4.69, 9.17) is 0 Å². The molecule has 0 unspecified atom stereocenters. The van der Waals surface area contributed by atoms with Crippen molar-refractivity contribution in [2.75, 3.05) is 0 Å². The number of hydrogen-bond donors (Lipinski definition) is 1. The number of alkyl halides is 4. The van der Waals surface area contributed by atoms with Crippen molar-refractivity contribution in [2.45, 2.75) is 46.1 Å². The van der Waals surface area contributed by atoms with Crippen molar-refractivity contribution < 1.29 is 22.4 Å². The molecular weight excluding hydrogens is 226 g/mol. The molecule has 1 fully saturated rings. The van der Waals surface area contributed by atoms with Crippen LogP contribution in [0.15, 0.2) is 0 Å². The molecule has 1 rings (SSSR count). The molecule has 6 heteroatoms. The van der Waals surface area contributed by atoms with Gasteiger partial charge < -0.3 is 5.32 Å². The van der Waals surface area contributed by atoms with Crippen molar-refractivity contribution in [3.05, 3.63) is 0 Å². The zero-order chi connectivity index (χ0) is 12.9. The molecular formula is C10H15F4NO. The van der Waals surface area contributed by atoms with Crippen molar-refractivity contribution in [1.82, 2.24) is 5.32 Å². The molecule has 1 amide bonds. The Hall–Kier alpha value is -0.810. The van der Waals surface area contributed by atoms with Gasteiger partial charge >= 0.3 is 12.3 Å². The topological polar surface area (TPSA) is 29.1 Å². The van der Waals surface area contributed by atoms with Crippen molar-refractivity contribution in [1.29, 1.82) is 0 Å². The molecule has 0 aromatic heterocycles. The number of carbonyl (C=O) groups excluding carboxylic acids is 1. The van der Waals surface area contributed by atoms with Crippen molar-refractivity contribution >= 4 is 5.91 Å². The van der Waals surface area contributed by atoms with Gasteiger partial charge in [-0.15, -0.1) is 0 Å². The predicted molar refractivity (Wildman–Crippen MR) is 50.4 cm³/mol. The summed E-state index contributed by atoms with van der Waals surface area (Å²) in [6, 6.07) is -0.503. The molecule has 0 spiro atoms. The minimum absolute atomic E-state index is 0.360. The van der Waals surface area contributed by atoms with E-state index in [2.05, 4.69) is 0 Å². The van der Waals surface area contributed by atoms with Crippen molar-refractivity contribution in [3.8, 4) is 0 Å². The first kappa shape index (κ1) is 13.3. The SMILES string of the molecule is CC1(C)C(NC(=O)C(F)(F)C(F)F)C1(C)C. The molecule has 1 N–H and O–H groups in total. The number of rotatable bonds is 3. The van der Waals surface area contributed by atoms with Gasteiger partial charge in [-0.25, -0.2) is 8.78 Å². The Bertz CT molecular complexity index is 298. The van der Waals surface area contributed by atoms with Crippen LogP contribution in [0.4, 0.5) is 17.6 Å². The molecule has 0 heterocycles. The zero-order valence-corrected chi connectivity index (χ0v) is 9.57. The van der Waals surface area contributed by atoms with Crippen LogP contribution in [-0.4, -0.2) is 24.3 Å². The summed E-state index contributed by atoms with van der Waals surface area (Å²) >= 11 is 0. The number of hydrogen-bond acceptors (Lipinski definition) is 1. The smallest absolute Gasteiger partial charge is 0.347 e. The van der Waals surface area contributed by atoms with Gasteiger partial charge in [-0.3, -0.25) is 4.79 Å². The molecule has 1 saturated carbocycles. The van der Waals surface area contributed by atoms with Crippen LogP contribution in [0.2, 0.25) is 0 Å². The predicted octanol–water partition coefficient (Wildman–Crippen LogP) is 2.44. The van der Waals surface area contributed by atoms with Crippen molar-refractivity contribution in [2.24, 2.45) is 10.8 Å². The van der Waals surface area contributed by atoms with Crippen LogP contribution in [0.3, 0.4) is 0 Å². The molecule has 1 aliphatic rings. The highest BCUT2D eigenvalue weighted by atomic mass is 19.3. The summed E-state index contributed by atoms with van der Waals surface area (Å²) in [5, 5.41) is 1.99. The van der Waals surface area contributed by atoms with E-state index in [9.17, 15) is 22.4 Å². The van der Waals surface area contributed by atoms with Gasteiger partial charge in [0, 0.05) is 6.04 Å². The van der Waals surface area contributed by atoms with Crippen LogP contribution in [0.5, 0.6) is 0 Å². The summed E-state index contributed by atoms with van der Waals surface area (Å²) in [6.07, 6.45) is -3.97. The maximum absolute atomic E-state index is 12.7. The molecule has 0 atom stereocenters. The summed E-state index contributed by atoms with van der Waals surface area (Å²) in [7, 11) is 0. The fourth-order valence-electron chi connectivity index (χ4n) is 1.88. The van der Waals surface area contributed by atoms with E-state index in [-0.39, 0.29) is 10.8 Å². The summed E-state index contributed by atoms with van der Waals surface area (Å²) in [5.74, 6) is -6.51. The van der Waals surface area contributed by atoms with Crippen LogP contribution in [0.1, 0.15) is 27.7 Å². The summed E-state index contributed by atoms with van der Waals surface area (Å²) in [4.78, 5) is 11.0. The Balaban J connectivity index is 2.69. The van der Waals surface area contributed by atoms with Gasteiger partial charge in [-0.2, -0.15) is 8.78 Å². The molecule has 16 heavy (non-hydrogen) atoms. The lowest BCUT2D eigenvalue weighted by Crippen LogP contribution is -2.47. The van der Waals surface area contributed by atoms with E-state index in [1.54, 1.807) is 27.7 Å². The monoisotopic (exact) mass is 241 g/mol. The summed E-state index contributed by atoms with van der Waals surface area (Å²) < 4.78 is 49.2. The third-order valence-electron chi connectivity index (χ3n) is 3.87. The fraction of sp³-hybridized carbons (Fsp3) is 0.900. The highest BCUT2D eigenvalue weighted by Gasteiger charge is 2.67. The highest BCUT2D eigenvalue weighted by Crippen LogP contribution is 2.62. The normalized spacial score (nSPS) is 23.3. The second-order valence-corrected chi connectivity index (χ2v) is 5.27. The number of nitrogens with one attached hydrogen (secondary N) is 1. The highest BCUT2D eigenvalue weighted by molar-refractivity contribution is 5.84. The van der Waals surface area contributed by atoms with Gasteiger partial charge in [-0.05, 0) is 10.8 Å². The Morgan fingerprint density at radius 2 is 1.56 bits per heavy atom. The first-order valence-corrected chi connectivity index (χ1v) is 4.92. The van der Waals surface area contributed by atoms with Gasteiger partial charge in [-0.1, -0.05) is 27.7 Å². The average molecular weight is 241 g/mol. The molecule has 0 saturated heterocycles. The minimum atomic E-state index is -4.62. The molecule has 0 radical (unpaired) electrons. The molecule has 1 aliphatic carbocycles. The van der Waals surface area contributed by atoms with Gasteiger partial charge in [0.25, 0.3) is 5.91 Å². The molecule has 2 nitrogen and oxygen atoms in total. The molecule has 0 aliphatic heterocycles. The second-order valence-electron chi connectivity index (χ2n) is 5.27. The largest absolute Gasteiger partial charge is 0.383 e. The number of amides is 1. The quantitative estimate of drug-likeness (QED) is 0.755. The van der Waals surface area contributed by atoms with Gasteiger partial charge in [0.15, 0.2) is 0 Å². The Labute approximate surface area is 91.4 Å². The zero-order valence-electron chi connectivity index (χ0n) is 9.57.